The molecule has 3 rings (SSSR count). The van der Waals surface area contributed by atoms with Crippen LogP contribution in [0, 0.1) is 13.8 Å². The number of rotatable bonds is 4. The van der Waals surface area contributed by atoms with Crippen molar-refractivity contribution < 1.29 is 4.74 Å². The van der Waals surface area contributed by atoms with Crippen molar-refractivity contribution in [3.05, 3.63) is 15.6 Å². The number of fused-ring (bicyclic) bond motifs is 2. The van der Waals surface area contributed by atoms with Gasteiger partial charge in [-0.1, -0.05) is 0 Å². The van der Waals surface area contributed by atoms with Crippen molar-refractivity contribution in [1.29, 1.82) is 0 Å². The quantitative estimate of drug-likeness (QED) is 0.658. The van der Waals surface area contributed by atoms with Gasteiger partial charge in [-0.2, -0.15) is 0 Å². The van der Waals surface area contributed by atoms with Gasteiger partial charge in [0.2, 0.25) is 0 Å². The molecule has 0 spiro atoms. The number of thiazole rings is 1. The Balaban J connectivity index is 1.46. The van der Waals surface area contributed by atoms with Crippen LogP contribution >= 0.6 is 11.3 Å². The summed E-state index contributed by atoms with van der Waals surface area (Å²) in [4.78, 5) is 10.1. The van der Waals surface area contributed by atoms with Gasteiger partial charge < -0.3 is 15.4 Å². The van der Waals surface area contributed by atoms with Crippen LogP contribution < -0.4 is 10.6 Å². The maximum Gasteiger partial charge on any atom is 0.191 e. The van der Waals surface area contributed by atoms with Gasteiger partial charge in [-0.05, 0) is 33.1 Å². The predicted molar refractivity (Wildman–Crippen MR) is 86.1 cm³/mol. The number of aliphatic imine (C=N–C) groups is 1. The van der Waals surface area contributed by atoms with E-state index in [4.69, 9.17) is 4.74 Å². The highest BCUT2D eigenvalue weighted by molar-refractivity contribution is 7.11. The molecule has 21 heavy (non-hydrogen) atoms. The molecule has 1 aromatic heterocycles. The molecule has 5 nitrogen and oxygen atoms in total. The van der Waals surface area contributed by atoms with Gasteiger partial charge in [-0.25, -0.2) is 4.98 Å². The molecule has 2 aliphatic heterocycles. The molecule has 2 saturated heterocycles. The number of ether oxygens (including phenoxy) is 1. The van der Waals surface area contributed by atoms with Gasteiger partial charge in [0, 0.05) is 24.9 Å². The maximum atomic E-state index is 5.87. The van der Waals surface area contributed by atoms with E-state index in [9.17, 15) is 0 Å². The summed E-state index contributed by atoms with van der Waals surface area (Å²) in [6, 6.07) is 0.419. The summed E-state index contributed by atoms with van der Waals surface area (Å²) in [5, 5.41) is 8.05. The summed E-state index contributed by atoms with van der Waals surface area (Å²) in [6.07, 6.45) is 5.34. The Morgan fingerprint density at radius 2 is 2.29 bits per heavy atom. The molecular weight excluding hydrogens is 284 g/mol. The zero-order valence-electron chi connectivity index (χ0n) is 13.0. The number of hydrogen-bond donors (Lipinski definition) is 2. The fourth-order valence-electron chi connectivity index (χ4n) is 3.26. The largest absolute Gasteiger partial charge is 0.373 e. The summed E-state index contributed by atoms with van der Waals surface area (Å²) >= 11 is 1.78. The van der Waals surface area contributed by atoms with Gasteiger partial charge in [0.15, 0.2) is 5.96 Å². The molecule has 2 aliphatic rings. The number of aromatic nitrogens is 1. The molecule has 0 aliphatic carbocycles. The van der Waals surface area contributed by atoms with Crippen molar-refractivity contribution >= 4 is 17.3 Å². The molecule has 2 fully saturated rings. The van der Waals surface area contributed by atoms with E-state index in [1.807, 2.05) is 7.05 Å². The third kappa shape index (κ3) is 3.37. The van der Waals surface area contributed by atoms with Crippen LogP contribution in [0.5, 0.6) is 0 Å². The highest BCUT2D eigenvalue weighted by Crippen LogP contribution is 2.34. The lowest BCUT2D eigenvalue weighted by Crippen LogP contribution is -2.47. The highest BCUT2D eigenvalue weighted by Gasteiger charge is 2.41. The first-order valence-electron chi connectivity index (χ1n) is 7.71. The van der Waals surface area contributed by atoms with Gasteiger partial charge >= 0.3 is 0 Å². The Kier molecular flexibility index (Phi) is 4.45. The Morgan fingerprint density at radius 3 is 2.86 bits per heavy atom. The first kappa shape index (κ1) is 14.8. The topological polar surface area (TPSA) is 58.5 Å². The number of aryl methyl sites for hydroxylation is 2. The van der Waals surface area contributed by atoms with Crippen LogP contribution in [0.3, 0.4) is 0 Å². The van der Waals surface area contributed by atoms with Crippen molar-refractivity contribution in [2.24, 2.45) is 4.99 Å². The molecule has 116 valence electrons. The standard InChI is InChI=1S/C15H24N4OS/c1-9-14(21-10(2)18-9)6-7-17-15(16-3)19-12-8-11-4-5-13(12)20-11/h11-13H,4-8H2,1-3H3,(H2,16,17,19). The van der Waals surface area contributed by atoms with Crippen molar-refractivity contribution in [2.45, 2.75) is 57.8 Å². The lowest BCUT2D eigenvalue weighted by Gasteiger charge is -2.22. The van der Waals surface area contributed by atoms with Crippen LogP contribution in [-0.2, 0) is 11.2 Å². The maximum absolute atomic E-state index is 5.87. The molecule has 0 aromatic carbocycles. The second-order valence-electron chi connectivity index (χ2n) is 5.85. The van der Waals surface area contributed by atoms with Gasteiger partial charge in [0.25, 0.3) is 0 Å². The number of nitrogens with one attached hydrogen (secondary N) is 2. The molecule has 3 heterocycles. The molecule has 3 atom stereocenters. The molecule has 3 unspecified atom stereocenters. The minimum absolute atomic E-state index is 0.375. The zero-order chi connectivity index (χ0) is 14.8. The lowest BCUT2D eigenvalue weighted by molar-refractivity contribution is 0.0992. The second kappa shape index (κ2) is 6.32. The van der Waals surface area contributed by atoms with Crippen molar-refractivity contribution in [3.8, 4) is 0 Å². The lowest BCUT2D eigenvalue weighted by atomic mass is 9.96. The van der Waals surface area contributed by atoms with Crippen LogP contribution in [-0.4, -0.2) is 42.8 Å². The number of guanidine groups is 1. The highest BCUT2D eigenvalue weighted by atomic mass is 32.1. The van der Waals surface area contributed by atoms with E-state index in [2.05, 4.69) is 34.5 Å². The van der Waals surface area contributed by atoms with Gasteiger partial charge in [0.1, 0.15) is 0 Å². The van der Waals surface area contributed by atoms with Crippen molar-refractivity contribution in [3.63, 3.8) is 0 Å². The van der Waals surface area contributed by atoms with E-state index < -0.39 is 0 Å². The number of nitrogens with zero attached hydrogens (tertiary/aromatic N) is 2. The SMILES string of the molecule is CN=C(NCCc1sc(C)nc1C)NC1CC2CCC1O2. The smallest absolute Gasteiger partial charge is 0.191 e. The van der Waals surface area contributed by atoms with Gasteiger partial charge in [0.05, 0.1) is 29.0 Å². The Bertz CT molecular complexity index is 528. The molecule has 0 saturated carbocycles. The summed E-state index contributed by atoms with van der Waals surface area (Å²) in [6.45, 7) is 5.02. The van der Waals surface area contributed by atoms with E-state index in [-0.39, 0.29) is 0 Å². The molecule has 0 amide bonds. The Labute approximate surface area is 130 Å². The van der Waals surface area contributed by atoms with Crippen molar-refractivity contribution in [2.75, 3.05) is 13.6 Å². The zero-order valence-corrected chi connectivity index (χ0v) is 13.8. The van der Waals surface area contributed by atoms with Crippen molar-refractivity contribution in [1.82, 2.24) is 15.6 Å². The first-order valence-corrected chi connectivity index (χ1v) is 8.53. The minimum Gasteiger partial charge on any atom is -0.373 e. The average Bonchev–Trinajstić information content (AvgIpc) is 3.14. The minimum atomic E-state index is 0.375. The molecular formula is C15H24N4OS. The van der Waals surface area contributed by atoms with Gasteiger partial charge in [-0.3, -0.25) is 4.99 Å². The second-order valence-corrected chi connectivity index (χ2v) is 7.14. The summed E-state index contributed by atoms with van der Waals surface area (Å²) < 4.78 is 5.87. The van der Waals surface area contributed by atoms with E-state index in [1.54, 1.807) is 11.3 Å². The van der Waals surface area contributed by atoms with Crippen LogP contribution in [0.25, 0.3) is 0 Å². The average molecular weight is 308 g/mol. The van der Waals surface area contributed by atoms with Crippen LogP contribution in [0.1, 0.15) is 34.8 Å². The summed E-state index contributed by atoms with van der Waals surface area (Å²) in [7, 11) is 1.82. The summed E-state index contributed by atoms with van der Waals surface area (Å²) in [5.74, 6) is 0.884. The van der Waals surface area contributed by atoms with E-state index in [1.165, 1.54) is 17.7 Å². The van der Waals surface area contributed by atoms with Crippen LogP contribution in [0.4, 0.5) is 0 Å². The third-order valence-electron chi connectivity index (χ3n) is 4.30. The van der Waals surface area contributed by atoms with Crippen LogP contribution in [0.2, 0.25) is 0 Å². The van der Waals surface area contributed by atoms with E-state index >= 15 is 0 Å². The normalized spacial score (nSPS) is 28.1. The van der Waals surface area contributed by atoms with Gasteiger partial charge in [-0.15, -0.1) is 11.3 Å². The molecule has 0 radical (unpaired) electrons. The predicted octanol–water partition coefficient (Wildman–Crippen LogP) is 1.79. The Morgan fingerprint density at radius 1 is 1.43 bits per heavy atom. The van der Waals surface area contributed by atoms with E-state index in [0.717, 1.165) is 36.0 Å². The summed E-state index contributed by atoms with van der Waals surface area (Å²) in [5.41, 5.74) is 1.16. The molecule has 6 heteroatoms. The monoisotopic (exact) mass is 308 g/mol. The first-order chi connectivity index (χ1) is 10.2. The molecule has 2 bridgehead atoms. The Hall–Kier alpha value is -1.14. The van der Waals surface area contributed by atoms with Crippen LogP contribution in [0.15, 0.2) is 4.99 Å². The van der Waals surface area contributed by atoms with E-state index in [0.29, 0.717) is 18.2 Å². The molecule has 1 aromatic rings. The fraction of sp³-hybridized carbons (Fsp3) is 0.733. The number of hydrogen-bond acceptors (Lipinski definition) is 4. The molecule has 2 N–H and O–H groups in total. The third-order valence-corrected chi connectivity index (χ3v) is 5.43. The fourth-order valence-corrected chi connectivity index (χ4v) is 4.20.